The van der Waals surface area contributed by atoms with Crippen LogP contribution in [0.2, 0.25) is 0 Å². The van der Waals surface area contributed by atoms with Crippen molar-refractivity contribution >= 4 is 0 Å². The van der Waals surface area contributed by atoms with Crippen molar-refractivity contribution in [3.8, 4) is 0 Å². The van der Waals surface area contributed by atoms with Crippen LogP contribution in [0, 0.1) is 11.3 Å². The Morgan fingerprint density at radius 3 is 2.15 bits per heavy atom. The van der Waals surface area contributed by atoms with Crippen LogP contribution in [0.1, 0.15) is 40.7 Å². The molecule has 3 nitrogen and oxygen atoms in total. The van der Waals surface area contributed by atoms with Gasteiger partial charge in [0.15, 0.2) is 0 Å². The Morgan fingerprint density at radius 2 is 1.85 bits per heavy atom. The summed E-state index contributed by atoms with van der Waals surface area (Å²) < 4.78 is 1.96. The summed E-state index contributed by atoms with van der Waals surface area (Å²) in [4.78, 5) is 0. The first-order chi connectivity index (χ1) is 5.93. The molecular formula is C10H19N3. The predicted octanol–water partition coefficient (Wildman–Crippen LogP) is 2.52. The van der Waals surface area contributed by atoms with Crippen LogP contribution in [-0.2, 0) is 0 Å². The average molecular weight is 181 g/mol. The molecule has 0 saturated carbocycles. The SMILES string of the molecule is CC(C)C(n1ccnn1)C(C)(C)C. The van der Waals surface area contributed by atoms with Gasteiger partial charge in [0.25, 0.3) is 0 Å². The molecule has 0 aliphatic heterocycles. The third-order valence-corrected chi connectivity index (χ3v) is 2.24. The molecule has 0 saturated heterocycles. The van der Waals surface area contributed by atoms with Gasteiger partial charge in [0.05, 0.1) is 12.2 Å². The van der Waals surface area contributed by atoms with Crippen molar-refractivity contribution < 1.29 is 0 Å². The summed E-state index contributed by atoms with van der Waals surface area (Å²) in [6.45, 7) is 11.1. The molecule has 74 valence electrons. The molecule has 0 radical (unpaired) electrons. The van der Waals surface area contributed by atoms with Crippen molar-refractivity contribution in [2.45, 2.75) is 40.7 Å². The van der Waals surface area contributed by atoms with Crippen LogP contribution in [0.3, 0.4) is 0 Å². The number of hydrogen-bond donors (Lipinski definition) is 0. The Labute approximate surface area is 80.1 Å². The minimum atomic E-state index is 0.224. The lowest BCUT2D eigenvalue weighted by atomic mass is 9.80. The summed E-state index contributed by atoms with van der Waals surface area (Å²) >= 11 is 0. The maximum absolute atomic E-state index is 4.07. The molecule has 3 heteroatoms. The van der Waals surface area contributed by atoms with Crippen molar-refractivity contribution in [2.24, 2.45) is 11.3 Å². The van der Waals surface area contributed by atoms with Gasteiger partial charge in [-0.2, -0.15) is 0 Å². The lowest BCUT2D eigenvalue weighted by molar-refractivity contribution is 0.166. The van der Waals surface area contributed by atoms with Crippen molar-refractivity contribution in [1.29, 1.82) is 0 Å². The van der Waals surface area contributed by atoms with Gasteiger partial charge in [-0.15, -0.1) is 5.10 Å². The fourth-order valence-corrected chi connectivity index (χ4v) is 2.07. The minimum Gasteiger partial charge on any atom is -0.249 e. The largest absolute Gasteiger partial charge is 0.249 e. The standard InChI is InChI=1S/C10H19N3/c1-8(2)9(10(3,4)5)13-7-6-11-12-13/h6-9H,1-5H3. The second-order valence-electron chi connectivity index (χ2n) is 4.94. The lowest BCUT2D eigenvalue weighted by Crippen LogP contribution is -2.29. The van der Waals surface area contributed by atoms with E-state index >= 15 is 0 Å². The van der Waals surface area contributed by atoms with Crippen molar-refractivity contribution in [3.63, 3.8) is 0 Å². The molecule has 1 aromatic heterocycles. The molecular weight excluding hydrogens is 162 g/mol. The first-order valence-corrected chi connectivity index (χ1v) is 4.78. The molecule has 0 fully saturated rings. The number of nitrogens with zero attached hydrogens (tertiary/aromatic N) is 3. The van der Waals surface area contributed by atoms with Gasteiger partial charge in [-0.1, -0.05) is 39.8 Å². The number of hydrogen-bond acceptors (Lipinski definition) is 2. The molecule has 0 aliphatic carbocycles. The predicted molar refractivity (Wildman–Crippen MR) is 53.4 cm³/mol. The smallest absolute Gasteiger partial charge is 0.0693 e. The molecule has 1 rings (SSSR count). The Hall–Kier alpha value is -0.860. The molecule has 0 aromatic carbocycles. The second kappa shape index (κ2) is 3.48. The van der Waals surface area contributed by atoms with Crippen LogP contribution >= 0.6 is 0 Å². The molecule has 1 aromatic rings. The summed E-state index contributed by atoms with van der Waals surface area (Å²) in [7, 11) is 0. The molecule has 1 atom stereocenters. The summed E-state index contributed by atoms with van der Waals surface area (Å²) in [6.07, 6.45) is 3.68. The van der Waals surface area contributed by atoms with Gasteiger partial charge in [-0.05, 0) is 11.3 Å². The van der Waals surface area contributed by atoms with Crippen LogP contribution in [0.25, 0.3) is 0 Å². The molecule has 1 heterocycles. The van der Waals surface area contributed by atoms with E-state index in [1.54, 1.807) is 6.20 Å². The van der Waals surface area contributed by atoms with E-state index in [0.29, 0.717) is 12.0 Å². The minimum absolute atomic E-state index is 0.224. The first kappa shape index (κ1) is 10.2. The first-order valence-electron chi connectivity index (χ1n) is 4.78. The van der Waals surface area contributed by atoms with E-state index in [2.05, 4.69) is 44.9 Å². The van der Waals surface area contributed by atoms with Gasteiger partial charge in [-0.25, -0.2) is 4.68 Å². The van der Waals surface area contributed by atoms with Crippen LogP contribution in [0.5, 0.6) is 0 Å². The highest BCUT2D eigenvalue weighted by atomic mass is 15.4. The van der Waals surface area contributed by atoms with Gasteiger partial charge in [0.2, 0.25) is 0 Å². The molecule has 0 spiro atoms. The Morgan fingerprint density at radius 1 is 1.23 bits per heavy atom. The third kappa shape index (κ3) is 2.29. The molecule has 1 unspecified atom stereocenters. The Kier molecular flexibility index (Phi) is 2.74. The zero-order chi connectivity index (χ0) is 10.1. The van der Waals surface area contributed by atoms with Gasteiger partial charge in [-0.3, -0.25) is 0 Å². The average Bonchev–Trinajstić information content (AvgIpc) is 2.34. The molecule has 0 aliphatic rings. The van der Waals surface area contributed by atoms with Gasteiger partial charge < -0.3 is 0 Å². The highest BCUT2D eigenvalue weighted by Gasteiger charge is 2.29. The summed E-state index contributed by atoms with van der Waals surface area (Å²) in [6, 6.07) is 0.412. The monoisotopic (exact) mass is 181 g/mol. The van der Waals surface area contributed by atoms with Crippen molar-refractivity contribution in [2.75, 3.05) is 0 Å². The fourth-order valence-electron chi connectivity index (χ4n) is 2.07. The van der Waals surface area contributed by atoms with Gasteiger partial charge >= 0.3 is 0 Å². The molecule has 0 N–H and O–H groups in total. The maximum Gasteiger partial charge on any atom is 0.0693 e. The van der Waals surface area contributed by atoms with E-state index in [1.807, 2.05) is 10.9 Å². The molecule has 0 bridgehead atoms. The third-order valence-electron chi connectivity index (χ3n) is 2.24. The van der Waals surface area contributed by atoms with Crippen molar-refractivity contribution in [3.05, 3.63) is 12.4 Å². The zero-order valence-corrected chi connectivity index (χ0v) is 9.15. The quantitative estimate of drug-likeness (QED) is 0.702. The second-order valence-corrected chi connectivity index (χ2v) is 4.94. The molecule has 13 heavy (non-hydrogen) atoms. The maximum atomic E-state index is 4.07. The zero-order valence-electron chi connectivity index (χ0n) is 9.15. The molecule has 0 amide bonds. The fraction of sp³-hybridized carbons (Fsp3) is 0.800. The number of rotatable bonds is 2. The van der Waals surface area contributed by atoms with E-state index in [4.69, 9.17) is 0 Å². The summed E-state index contributed by atoms with van der Waals surface area (Å²) in [5, 5.41) is 7.92. The van der Waals surface area contributed by atoms with E-state index in [-0.39, 0.29) is 5.41 Å². The summed E-state index contributed by atoms with van der Waals surface area (Å²) in [5.74, 6) is 0.571. The van der Waals surface area contributed by atoms with Crippen LogP contribution in [0.4, 0.5) is 0 Å². The van der Waals surface area contributed by atoms with Gasteiger partial charge in [0, 0.05) is 6.20 Å². The van der Waals surface area contributed by atoms with E-state index in [9.17, 15) is 0 Å². The van der Waals surface area contributed by atoms with Crippen LogP contribution in [0.15, 0.2) is 12.4 Å². The van der Waals surface area contributed by atoms with Crippen molar-refractivity contribution in [1.82, 2.24) is 15.0 Å². The van der Waals surface area contributed by atoms with E-state index < -0.39 is 0 Å². The normalized spacial score (nSPS) is 14.9. The highest BCUT2D eigenvalue weighted by Crippen LogP contribution is 2.35. The topological polar surface area (TPSA) is 30.7 Å². The summed E-state index contributed by atoms with van der Waals surface area (Å²) in [5.41, 5.74) is 0.224. The lowest BCUT2D eigenvalue weighted by Gasteiger charge is -2.33. The van der Waals surface area contributed by atoms with E-state index in [0.717, 1.165) is 0 Å². The Balaban J connectivity index is 2.94. The van der Waals surface area contributed by atoms with Gasteiger partial charge in [0.1, 0.15) is 0 Å². The number of aromatic nitrogens is 3. The highest BCUT2D eigenvalue weighted by molar-refractivity contribution is 4.83. The van der Waals surface area contributed by atoms with Crippen LogP contribution in [-0.4, -0.2) is 15.0 Å². The Bertz CT molecular complexity index is 244. The van der Waals surface area contributed by atoms with Crippen LogP contribution < -0.4 is 0 Å². The van der Waals surface area contributed by atoms with E-state index in [1.165, 1.54) is 0 Å².